The molecule has 6 nitrogen and oxygen atoms in total. The van der Waals surface area contributed by atoms with Crippen LogP contribution in [-0.2, 0) is 9.59 Å². The molecule has 0 heterocycles. The lowest BCUT2D eigenvalue weighted by molar-refractivity contribution is -0.147. The molecule has 0 bridgehead atoms. The maximum atomic E-state index is 12.0. The number of rotatable bonds is 11. The van der Waals surface area contributed by atoms with Crippen molar-refractivity contribution in [3.05, 3.63) is 35.9 Å². The van der Waals surface area contributed by atoms with Gasteiger partial charge in [-0.15, -0.1) is 0 Å². The Morgan fingerprint density at radius 3 is 2.16 bits per heavy atom. The first-order valence-corrected chi connectivity index (χ1v) is 8.56. The molecule has 0 aliphatic carbocycles. The molecular formula is C19H27NO5. The summed E-state index contributed by atoms with van der Waals surface area (Å²) < 4.78 is 0. The van der Waals surface area contributed by atoms with Crippen molar-refractivity contribution in [2.75, 3.05) is 0 Å². The zero-order chi connectivity index (χ0) is 18.9. The van der Waals surface area contributed by atoms with Gasteiger partial charge < -0.3 is 15.5 Å². The normalized spacial score (nSPS) is 12.4. The average Bonchev–Trinajstić information content (AvgIpc) is 2.57. The van der Waals surface area contributed by atoms with Crippen molar-refractivity contribution in [2.45, 2.75) is 58.4 Å². The first kappa shape index (κ1) is 20.7. The second-order valence-corrected chi connectivity index (χ2v) is 6.87. The summed E-state index contributed by atoms with van der Waals surface area (Å²) in [6.07, 6.45) is 4.05. The minimum absolute atomic E-state index is 0.357. The third-order valence-corrected chi connectivity index (χ3v) is 4.26. The van der Waals surface area contributed by atoms with E-state index >= 15 is 0 Å². The number of carboxylic acid groups (broad SMARTS) is 2. The van der Waals surface area contributed by atoms with Crippen LogP contribution in [0.15, 0.2) is 30.3 Å². The number of unbranched alkanes of at least 4 members (excludes halogenated alkanes) is 3. The van der Waals surface area contributed by atoms with E-state index < -0.39 is 29.3 Å². The summed E-state index contributed by atoms with van der Waals surface area (Å²) in [5, 5.41) is 20.9. The predicted molar refractivity (Wildman–Crippen MR) is 94.5 cm³/mol. The number of carbonyl (C=O) groups excluding carboxylic acids is 1. The van der Waals surface area contributed by atoms with Crippen molar-refractivity contribution in [3.8, 4) is 0 Å². The summed E-state index contributed by atoms with van der Waals surface area (Å²) in [5.41, 5.74) is -0.294. The van der Waals surface area contributed by atoms with Crippen LogP contribution < -0.4 is 5.32 Å². The molecule has 0 spiro atoms. The van der Waals surface area contributed by atoms with E-state index in [9.17, 15) is 19.5 Å². The minimum Gasteiger partial charge on any atom is -0.481 e. The lowest BCUT2D eigenvalue weighted by Crippen LogP contribution is -2.40. The van der Waals surface area contributed by atoms with Crippen molar-refractivity contribution in [1.29, 1.82) is 0 Å². The maximum Gasteiger partial charge on any atom is 0.326 e. The molecule has 1 unspecified atom stereocenters. The fourth-order valence-electron chi connectivity index (χ4n) is 2.46. The molecule has 1 amide bonds. The molecule has 1 atom stereocenters. The summed E-state index contributed by atoms with van der Waals surface area (Å²) in [4.78, 5) is 34.4. The molecule has 138 valence electrons. The Morgan fingerprint density at radius 2 is 1.60 bits per heavy atom. The topological polar surface area (TPSA) is 104 Å². The van der Waals surface area contributed by atoms with E-state index in [1.165, 1.54) is 0 Å². The van der Waals surface area contributed by atoms with Crippen LogP contribution in [0, 0.1) is 5.41 Å². The van der Waals surface area contributed by atoms with Crippen molar-refractivity contribution < 1.29 is 24.6 Å². The summed E-state index contributed by atoms with van der Waals surface area (Å²) in [7, 11) is 0. The Kier molecular flexibility index (Phi) is 8.11. The number of carbonyl (C=O) groups is 3. The number of amides is 1. The zero-order valence-corrected chi connectivity index (χ0v) is 14.8. The summed E-state index contributed by atoms with van der Waals surface area (Å²) in [6, 6.07) is 7.60. The van der Waals surface area contributed by atoms with Gasteiger partial charge >= 0.3 is 11.9 Å². The number of hydrogen-bond acceptors (Lipinski definition) is 3. The highest BCUT2D eigenvalue weighted by molar-refractivity contribution is 5.96. The van der Waals surface area contributed by atoms with Crippen LogP contribution in [0.3, 0.4) is 0 Å². The molecule has 0 saturated heterocycles. The monoisotopic (exact) mass is 349 g/mol. The lowest BCUT2D eigenvalue weighted by Gasteiger charge is -2.18. The average molecular weight is 349 g/mol. The Morgan fingerprint density at radius 1 is 1.00 bits per heavy atom. The number of aliphatic carboxylic acids is 2. The Hall–Kier alpha value is -2.37. The number of benzene rings is 1. The Bertz CT molecular complexity index is 583. The van der Waals surface area contributed by atoms with Gasteiger partial charge in [-0.2, -0.15) is 0 Å². The maximum absolute atomic E-state index is 12.0. The number of hydrogen-bond donors (Lipinski definition) is 3. The smallest absolute Gasteiger partial charge is 0.326 e. The van der Waals surface area contributed by atoms with Crippen molar-refractivity contribution in [1.82, 2.24) is 5.32 Å². The number of carboxylic acids is 2. The third kappa shape index (κ3) is 7.37. The Labute approximate surface area is 148 Å². The molecule has 1 rings (SSSR count). The van der Waals surface area contributed by atoms with Gasteiger partial charge in [0.05, 0.1) is 5.41 Å². The molecule has 0 saturated carbocycles. The van der Waals surface area contributed by atoms with Gasteiger partial charge in [0.25, 0.3) is 5.91 Å². The second kappa shape index (κ2) is 9.81. The molecule has 0 aliphatic rings. The summed E-state index contributed by atoms with van der Waals surface area (Å²) in [6.45, 7) is 3.41. The van der Waals surface area contributed by atoms with E-state index in [1.807, 2.05) is 0 Å². The highest BCUT2D eigenvalue weighted by Crippen LogP contribution is 2.24. The molecule has 0 fully saturated rings. The molecule has 0 aromatic heterocycles. The quantitative estimate of drug-likeness (QED) is 0.532. The van der Waals surface area contributed by atoms with Crippen LogP contribution in [0.2, 0.25) is 0 Å². The van der Waals surface area contributed by atoms with Crippen LogP contribution >= 0.6 is 0 Å². The molecule has 0 aliphatic heterocycles. The highest BCUT2D eigenvalue weighted by Gasteiger charge is 2.26. The standard InChI is InChI=1S/C19H27NO5/c1-19(2,18(24)25)13-9-4-3-8-12-15(17(22)23)20-16(21)14-10-6-5-7-11-14/h5-7,10-11,15H,3-4,8-9,12-13H2,1-2H3,(H,20,21)(H,22,23)(H,24,25). The minimum atomic E-state index is -1.05. The largest absolute Gasteiger partial charge is 0.481 e. The van der Waals surface area contributed by atoms with Crippen LogP contribution in [0.4, 0.5) is 0 Å². The fraction of sp³-hybridized carbons (Fsp3) is 0.526. The van der Waals surface area contributed by atoms with Crippen molar-refractivity contribution in [2.24, 2.45) is 5.41 Å². The van der Waals surface area contributed by atoms with Gasteiger partial charge in [-0.05, 0) is 38.8 Å². The van der Waals surface area contributed by atoms with Gasteiger partial charge in [0.1, 0.15) is 6.04 Å². The lowest BCUT2D eigenvalue weighted by atomic mass is 9.87. The van der Waals surface area contributed by atoms with E-state index in [4.69, 9.17) is 5.11 Å². The van der Waals surface area contributed by atoms with Gasteiger partial charge in [-0.1, -0.05) is 43.9 Å². The van der Waals surface area contributed by atoms with Gasteiger partial charge in [0.15, 0.2) is 0 Å². The zero-order valence-electron chi connectivity index (χ0n) is 14.8. The van der Waals surface area contributed by atoms with Crippen LogP contribution in [-0.4, -0.2) is 34.1 Å². The van der Waals surface area contributed by atoms with Crippen molar-refractivity contribution in [3.63, 3.8) is 0 Å². The van der Waals surface area contributed by atoms with Gasteiger partial charge in [0, 0.05) is 5.56 Å². The Balaban J connectivity index is 2.33. The van der Waals surface area contributed by atoms with E-state index in [2.05, 4.69) is 5.32 Å². The summed E-state index contributed by atoms with van der Waals surface area (Å²) in [5.74, 6) is -2.24. The van der Waals surface area contributed by atoms with Gasteiger partial charge in [-0.25, -0.2) is 4.79 Å². The molecule has 0 radical (unpaired) electrons. The fourth-order valence-corrected chi connectivity index (χ4v) is 2.46. The molecule has 1 aromatic rings. The second-order valence-electron chi connectivity index (χ2n) is 6.87. The van der Waals surface area contributed by atoms with Crippen LogP contribution in [0.1, 0.15) is 62.7 Å². The van der Waals surface area contributed by atoms with Crippen molar-refractivity contribution >= 4 is 17.8 Å². The van der Waals surface area contributed by atoms with E-state index in [0.29, 0.717) is 24.8 Å². The van der Waals surface area contributed by atoms with E-state index in [0.717, 1.165) is 19.3 Å². The predicted octanol–water partition coefficient (Wildman–Crippen LogP) is 3.32. The SMILES string of the molecule is CC(C)(CCCCCCC(NC(=O)c1ccccc1)C(=O)O)C(=O)O. The van der Waals surface area contributed by atoms with Gasteiger partial charge in [-0.3, -0.25) is 9.59 Å². The third-order valence-electron chi connectivity index (χ3n) is 4.26. The number of nitrogens with one attached hydrogen (secondary N) is 1. The molecule has 6 heteroatoms. The molecule has 1 aromatic carbocycles. The molecule has 25 heavy (non-hydrogen) atoms. The molecular weight excluding hydrogens is 322 g/mol. The van der Waals surface area contributed by atoms with Crippen LogP contribution in [0.5, 0.6) is 0 Å². The molecule has 3 N–H and O–H groups in total. The van der Waals surface area contributed by atoms with Gasteiger partial charge in [0.2, 0.25) is 0 Å². The van der Waals surface area contributed by atoms with Crippen LogP contribution in [0.25, 0.3) is 0 Å². The first-order valence-electron chi connectivity index (χ1n) is 8.56. The highest BCUT2D eigenvalue weighted by atomic mass is 16.4. The van der Waals surface area contributed by atoms with E-state index in [-0.39, 0.29) is 0 Å². The van der Waals surface area contributed by atoms with E-state index in [1.54, 1.807) is 44.2 Å². The first-order chi connectivity index (χ1) is 11.7. The summed E-state index contributed by atoms with van der Waals surface area (Å²) >= 11 is 0.